The van der Waals surface area contributed by atoms with E-state index in [2.05, 4.69) is 4.98 Å². The van der Waals surface area contributed by atoms with Gasteiger partial charge in [0.1, 0.15) is 11.8 Å². The van der Waals surface area contributed by atoms with Crippen LogP contribution in [0.25, 0.3) is 5.57 Å². The van der Waals surface area contributed by atoms with E-state index in [9.17, 15) is 5.26 Å². The summed E-state index contributed by atoms with van der Waals surface area (Å²) in [5.74, 6) is 0. The third kappa shape index (κ3) is 4.08. The zero-order valence-electron chi connectivity index (χ0n) is 14.8. The maximum absolute atomic E-state index is 9.41. The second-order valence-corrected chi connectivity index (χ2v) is 5.44. The van der Waals surface area contributed by atoms with E-state index < -0.39 is 0 Å². The van der Waals surface area contributed by atoms with Crippen LogP contribution in [-0.2, 0) is 0 Å². The van der Waals surface area contributed by atoms with E-state index in [4.69, 9.17) is 10.8 Å². The highest BCUT2D eigenvalue weighted by atomic mass is 14.7. The van der Waals surface area contributed by atoms with Crippen LogP contribution in [0, 0.1) is 22.1 Å². The van der Waals surface area contributed by atoms with E-state index in [1.165, 1.54) is 0 Å². The summed E-state index contributed by atoms with van der Waals surface area (Å²) in [6, 6.07) is 16.6. The molecule has 4 heteroatoms. The second kappa shape index (κ2) is 9.05. The topological polar surface area (TPSA) is 84.4 Å². The molecule has 0 aliphatic heterocycles. The maximum Gasteiger partial charge on any atom is 0.142 e. The Morgan fingerprint density at radius 1 is 1.04 bits per heavy atom. The quantitative estimate of drug-likeness (QED) is 0.575. The summed E-state index contributed by atoms with van der Waals surface area (Å²) >= 11 is 0. The van der Waals surface area contributed by atoms with Gasteiger partial charge in [0.2, 0.25) is 0 Å². The van der Waals surface area contributed by atoms with Crippen LogP contribution < -0.4 is 0 Å². The molecule has 0 bridgehead atoms. The largest absolute Gasteiger partial charge is 0.300 e. The van der Waals surface area contributed by atoms with Gasteiger partial charge in [-0.05, 0) is 31.6 Å². The van der Waals surface area contributed by atoms with Gasteiger partial charge in [0.05, 0.1) is 11.4 Å². The minimum absolute atomic E-state index is 0.219. The Balaban J connectivity index is 2.86. The standard InChI is InChI=1S/C22H20N4/c1-3-10-16(4-2)20(22(25)17-11-6-5-7-12-17)21(18(24)15-23)19-13-8-9-14-26-19/h3-14,24-25H,1-2H3/b10-3-,16-4+,21-20+,24-18?,25-22?. The fourth-order valence-electron chi connectivity index (χ4n) is 2.61. The van der Waals surface area contributed by atoms with E-state index in [0.29, 0.717) is 22.4 Å². The number of nitriles is 1. The molecule has 0 amide bonds. The molecule has 0 fully saturated rings. The highest BCUT2D eigenvalue weighted by Crippen LogP contribution is 2.28. The van der Waals surface area contributed by atoms with E-state index in [0.717, 1.165) is 5.57 Å². The molecule has 0 aliphatic carbocycles. The number of pyridine rings is 1. The molecule has 0 atom stereocenters. The number of nitrogens with one attached hydrogen (secondary N) is 2. The smallest absolute Gasteiger partial charge is 0.142 e. The lowest BCUT2D eigenvalue weighted by Crippen LogP contribution is -2.13. The first-order valence-electron chi connectivity index (χ1n) is 8.22. The monoisotopic (exact) mass is 340 g/mol. The summed E-state index contributed by atoms with van der Waals surface area (Å²) in [4.78, 5) is 4.32. The third-order valence-electron chi connectivity index (χ3n) is 3.79. The van der Waals surface area contributed by atoms with Crippen molar-refractivity contribution in [3.63, 3.8) is 0 Å². The zero-order chi connectivity index (χ0) is 18.9. The van der Waals surface area contributed by atoms with Gasteiger partial charge < -0.3 is 0 Å². The zero-order valence-corrected chi connectivity index (χ0v) is 14.8. The predicted octanol–water partition coefficient (Wildman–Crippen LogP) is 4.97. The van der Waals surface area contributed by atoms with Gasteiger partial charge >= 0.3 is 0 Å². The number of nitrogens with zero attached hydrogens (tertiary/aromatic N) is 2. The Morgan fingerprint density at radius 2 is 1.73 bits per heavy atom. The van der Waals surface area contributed by atoms with Crippen molar-refractivity contribution in [2.75, 3.05) is 0 Å². The van der Waals surface area contributed by atoms with Gasteiger partial charge in [-0.15, -0.1) is 0 Å². The van der Waals surface area contributed by atoms with Crippen LogP contribution in [0.1, 0.15) is 25.1 Å². The average molecular weight is 340 g/mol. The van der Waals surface area contributed by atoms with E-state index in [1.807, 2.05) is 74.5 Å². The molecule has 0 radical (unpaired) electrons. The van der Waals surface area contributed by atoms with E-state index in [1.54, 1.807) is 18.3 Å². The minimum Gasteiger partial charge on any atom is -0.300 e. The number of hydrogen-bond donors (Lipinski definition) is 2. The molecular weight excluding hydrogens is 320 g/mol. The molecule has 0 aliphatic rings. The number of aromatic nitrogens is 1. The van der Waals surface area contributed by atoms with Gasteiger partial charge in [-0.2, -0.15) is 5.26 Å². The van der Waals surface area contributed by atoms with E-state index >= 15 is 0 Å². The van der Waals surface area contributed by atoms with Gasteiger partial charge in [0.25, 0.3) is 0 Å². The van der Waals surface area contributed by atoms with Crippen LogP contribution in [0.4, 0.5) is 0 Å². The summed E-state index contributed by atoms with van der Waals surface area (Å²) in [6.07, 6.45) is 7.25. The summed E-state index contributed by atoms with van der Waals surface area (Å²) < 4.78 is 0. The molecule has 4 nitrogen and oxygen atoms in total. The Labute approximate surface area is 153 Å². The molecule has 0 saturated heterocycles. The summed E-state index contributed by atoms with van der Waals surface area (Å²) in [6.45, 7) is 3.77. The molecule has 2 rings (SSSR count). The maximum atomic E-state index is 9.41. The highest BCUT2D eigenvalue weighted by Gasteiger charge is 2.21. The molecule has 2 N–H and O–H groups in total. The van der Waals surface area contributed by atoms with Crippen molar-refractivity contribution in [3.8, 4) is 6.07 Å². The fourth-order valence-corrected chi connectivity index (χ4v) is 2.61. The van der Waals surface area contributed by atoms with Crippen LogP contribution in [0.3, 0.4) is 0 Å². The lowest BCUT2D eigenvalue weighted by Gasteiger charge is -2.16. The van der Waals surface area contributed by atoms with Crippen LogP contribution in [0.2, 0.25) is 0 Å². The summed E-state index contributed by atoms with van der Waals surface area (Å²) in [5.41, 5.74) is 2.88. The number of rotatable bonds is 6. The van der Waals surface area contributed by atoms with Crippen molar-refractivity contribution in [1.82, 2.24) is 4.98 Å². The van der Waals surface area contributed by atoms with Crippen molar-refractivity contribution in [2.24, 2.45) is 0 Å². The average Bonchev–Trinajstić information content (AvgIpc) is 2.71. The molecule has 1 aromatic carbocycles. The molecule has 2 aromatic rings. The van der Waals surface area contributed by atoms with Gasteiger partial charge in [0, 0.05) is 22.9 Å². The normalized spacial score (nSPS) is 12.4. The van der Waals surface area contributed by atoms with Gasteiger partial charge in [-0.3, -0.25) is 15.8 Å². The Kier molecular flexibility index (Phi) is 6.53. The van der Waals surface area contributed by atoms with Crippen molar-refractivity contribution < 1.29 is 0 Å². The van der Waals surface area contributed by atoms with Gasteiger partial charge in [-0.25, -0.2) is 0 Å². The van der Waals surface area contributed by atoms with Crippen LogP contribution >= 0.6 is 0 Å². The van der Waals surface area contributed by atoms with Crippen molar-refractivity contribution in [1.29, 1.82) is 16.1 Å². The van der Waals surface area contributed by atoms with Crippen LogP contribution in [0.15, 0.2) is 84.1 Å². The van der Waals surface area contributed by atoms with E-state index in [-0.39, 0.29) is 11.4 Å². The first-order chi connectivity index (χ1) is 12.6. The molecule has 1 aromatic heterocycles. The Bertz CT molecular complexity index is 927. The SMILES string of the molecule is C\C=C/C(=C\C)C(/C(=N)c1ccccc1)=C(/C(=N)C#N)c1ccccn1. The summed E-state index contributed by atoms with van der Waals surface area (Å²) in [7, 11) is 0. The number of hydrogen-bond acceptors (Lipinski definition) is 4. The van der Waals surface area contributed by atoms with Gasteiger partial charge in [-0.1, -0.05) is 54.6 Å². The third-order valence-corrected chi connectivity index (χ3v) is 3.79. The Morgan fingerprint density at radius 3 is 2.27 bits per heavy atom. The van der Waals surface area contributed by atoms with Crippen molar-refractivity contribution >= 4 is 17.0 Å². The second-order valence-electron chi connectivity index (χ2n) is 5.44. The van der Waals surface area contributed by atoms with Gasteiger partial charge in [0.15, 0.2) is 0 Å². The van der Waals surface area contributed by atoms with Crippen LogP contribution in [0.5, 0.6) is 0 Å². The summed E-state index contributed by atoms with van der Waals surface area (Å²) in [5, 5.41) is 26.4. The first kappa shape index (κ1) is 18.8. The minimum atomic E-state index is -0.219. The van der Waals surface area contributed by atoms with Crippen molar-refractivity contribution in [2.45, 2.75) is 13.8 Å². The number of allylic oxidation sites excluding steroid dienone is 6. The Hall–Kier alpha value is -3.58. The number of benzene rings is 1. The lowest BCUT2D eigenvalue weighted by atomic mass is 9.87. The fraction of sp³-hybridized carbons (Fsp3) is 0.0909. The lowest BCUT2D eigenvalue weighted by molar-refractivity contribution is 1.27. The predicted molar refractivity (Wildman–Crippen MR) is 106 cm³/mol. The molecule has 26 heavy (non-hydrogen) atoms. The van der Waals surface area contributed by atoms with Crippen LogP contribution in [-0.4, -0.2) is 16.4 Å². The first-order valence-corrected chi connectivity index (χ1v) is 8.22. The molecule has 0 unspecified atom stereocenters. The molecule has 0 spiro atoms. The molecule has 1 heterocycles. The molecular formula is C22H20N4. The molecule has 128 valence electrons. The molecule has 0 saturated carbocycles. The van der Waals surface area contributed by atoms with Crippen molar-refractivity contribution in [3.05, 3.63) is 95.4 Å². The highest BCUT2D eigenvalue weighted by molar-refractivity contribution is 6.36.